The summed E-state index contributed by atoms with van der Waals surface area (Å²) in [5, 5.41) is 19.7. The van der Waals surface area contributed by atoms with E-state index in [1.54, 1.807) is 13.8 Å². The van der Waals surface area contributed by atoms with Gasteiger partial charge < -0.3 is 10.2 Å². The van der Waals surface area contributed by atoms with Crippen molar-refractivity contribution in [3.63, 3.8) is 0 Å². The summed E-state index contributed by atoms with van der Waals surface area (Å²) in [6.45, 7) is 7.06. The normalized spacial score (nSPS) is 14.9. The SMILES string of the molecule is C=CC(=O)NN(CC(C)O)CC(C)O. The van der Waals surface area contributed by atoms with Gasteiger partial charge in [-0.2, -0.15) is 0 Å². The highest BCUT2D eigenvalue weighted by atomic mass is 16.3. The van der Waals surface area contributed by atoms with Gasteiger partial charge in [-0.1, -0.05) is 6.58 Å². The average Bonchev–Trinajstić information content (AvgIpc) is 2.01. The predicted octanol–water partition coefficient (Wildman–Crippen LogP) is -0.733. The van der Waals surface area contributed by atoms with E-state index in [2.05, 4.69) is 12.0 Å². The number of rotatable bonds is 6. The predicted molar refractivity (Wildman–Crippen MR) is 53.3 cm³/mol. The van der Waals surface area contributed by atoms with Gasteiger partial charge in [0.25, 0.3) is 5.91 Å². The maximum atomic E-state index is 11.0. The van der Waals surface area contributed by atoms with Crippen LogP contribution in [0.15, 0.2) is 12.7 Å². The lowest BCUT2D eigenvalue weighted by molar-refractivity contribution is -0.122. The van der Waals surface area contributed by atoms with E-state index >= 15 is 0 Å². The lowest BCUT2D eigenvalue weighted by Crippen LogP contribution is -2.47. The fraction of sp³-hybridized carbons (Fsp3) is 0.667. The Balaban J connectivity index is 4.09. The van der Waals surface area contributed by atoms with E-state index in [1.165, 1.54) is 5.01 Å². The van der Waals surface area contributed by atoms with Crippen LogP contribution in [0.1, 0.15) is 13.8 Å². The van der Waals surface area contributed by atoms with Crippen molar-refractivity contribution in [1.29, 1.82) is 0 Å². The maximum Gasteiger partial charge on any atom is 0.257 e. The number of carbonyl (C=O) groups is 1. The molecule has 0 aliphatic rings. The van der Waals surface area contributed by atoms with Crippen LogP contribution in [0.2, 0.25) is 0 Å². The van der Waals surface area contributed by atoms with Crippen LogP contribution in [0, 0.1) is 0 Å². The first-order valence-electron chi connectivity index (χ1n) is 4.49. The van der Waals surface area contributed by atoms with Crippen LogP contribution in [0.25, 0.3) is 0 Å². The molecule has 0 bridgehead atoms. The van der Waals surface area contributed by atoms with Crippen molar-refractivity contribution in [2.45, 2.75) is 26.1 Å². The molecule has 0 aromatic rings. The zero-order valence-electron chi connectivity index (χ0n) is 8.60. The lowest BCUT2D eigenvalue weighted by atomic mass is 10.3. The molecule has 0 saturated heterocycles. The Kier molecular flexibility index (Phi) is 6.11. The Bertz CT molecular complexity index is 182. The van der Waals surface area contributed by atoms with E-state index in [1.807, 2.05) is 0 Å². The van der Waals surface area contributed by atoms with Crippen molar-refractivity contribution < 1.29 is 15.0 Å². The van der Waals surface area contributed by atoms with Crippen molar-refractivity contribution >= 4 is 5.91 Å². The summed E-state index contributed by atoms with van der Waals surface area (Å²) < 4.78 is 0. The van der Waals surface area contributed by atoms with Gasteiger partial charge in [0, 0.05) is 13.1 Å². The second-order valence-corrected chi connectivity index (χ2v) is 3.28. The second-order valence-electron chi connectivity index (χ2n) is 3.28. The number of aliphatic hydroxyl groups is 2. The van der Waals surface area contributed by atoms with Crippen LogP contribution in [0.5, 0.6) is 0 Å². The third kappa shape index (κ3) is 6.59. The minimum Gasteiger partial charge on any atom is -0.392 e. The van der Waals surface area contributed by atoms with Crippen LogP contribution in [-0.2, 0) is 4.79 Å². The molecular weight excluding hydrogens is 184 g/mol. The Morgan fingerprint density at radius 1 is 1.43 bits per heavy atom. The molecule has 0 spiro atoms. The number of nitrogens with one attached hydrogen (secondary N) is 1. The highest BCUT2D eigenvalue weighted by molar-refractivity contribution is 5.86. The van der Waals surface area contributed by atoms with Gasteiger partial charge in [-0.3, -0.25) is 10.2 Å². The minimum absolute atomic E-state index is 0.268. The van der Waals surface area contributed by atoms with E-state index < -0.39 is 12.2 Å². The first-order chi connectivity index (χ1) is 6.45. The number of nitrogens with zero attached hydrogens (tertiary/aromatic N) is 1. The summed E-state index contributed by atoms with van der Waals surface area (Å²) in [7, 11) is 0. The van der Waals surface area contributed by atoms with Crippen LogP contribution >= 0.6 is 0 Å². The monoisotopic (exact) mass is 202 g/mol. The molecule has 0 fully saturated rings. The molecule has 3 N–H and O–H groups in total. The Morgan fingerprint density at radius 3 is 2.14 bits per heavy atom. The molecule has 5 heteroatoms. The number of hydrogen-bond acceptors (Lipinski definition) is 4. The number of amides is 1. The van der Waals surface area contributed by atoms with Gasteiger partial charge in [0.15, 0.2) is 0 Å². The Morgan fingerprint density at radius 2 is 1.86 bits per heavy atom. The quantitative estimate of drug-likeness (QED) is 0.392. The van der Waals surface area contributed by atoms with Gasteiger partial charge >= 0.3 is 0 Å². The van der Waals surface area contributed by atoms with E-state index in [0.29, 0.717) is 0 Å². The summed E-state index contributed by atoms with van der Waals surface area (Å²) in [6, 6.07) is 0. The van der Waals surface area contributed by atoms with Crippen LogP contribution in [0.4, 0.5) is 0 Å². The first-order valence-corrected chi connectivity index (χ1v) is 4.49. The van der Waals surface area contributed by atoms with Crippen molar-refractivity contribution in [2.24, 2.45) is 0 Å². The minimum atomic E-state index is -0.570. The Hall–Kier alpha value is -0.910. The topological polar surface area (TPSA) is 72.8 Å². The highest BCUT2D eigenvalue weighted by Crippen LogP contribution is 1.91. The van der Waals surface area contributed by atoms with Crippen LogP contribution < -0.4 is 5.43 Å². The molecule has 0 heterocycles. The fourth-order valence-electron chi connectivity index (χ4n) is 1.01. The molecular formula is C9H18N2O3. The number of hydrogen-bond donors (Lipinski definition) is 3. The van der Waals surface area contributed by atoms with Crippen molar-refractivity contribution in [1.82, 2.24) is 10.4 Å². The zero-order valence-corrected chi connectivity index (χ0v) is 8.60. The number of hydrazine groups is 1. The highest BCUT2D eigenvalue weighted by Gasteiger charge is 2.11. The molecule has 0 saturated carbocycles. The van der Waals surface area contributed by atoms with Gasteiger partial charge in [-0.05, 0) is 19.9 Å². The van der Waals surface area contributed by atoms with Crippen LogP contribution in [0.3, 0.4) is 0 Å². The molecule has 0 aliphatic heterocycles. The van der Waals surface area contributed by atoms with Gasteiger partial charge in [0.2, 0.25) is 0 Å². The molecule has 82 valence electrons. The van der Waals surface area contributed by atoms with E-state index in [9.17, 15) is 4.79 Å². The van der Waals surface area contributed by atoms with E-state index in [-0.39, 0.29) is 19.0 Å². The van der Waals surface area contributed by atoms with E-state index in [0.717, 1.165) is 6.08 Å². The lowest BCUT2D eigenvalue weighted by Gasteiger charge is -2.24. The summed E-state index contributed by atoms with van der Waals surface area (Å²) in [5.41, 5.74) is 2.49. The van der Waals surface area contributed by atoms with Crippen LogP contribution in [-0.4, -0.2) is 46.4 Å². The molecule has 0 radical (unpaired) electrons. The molecule has 2 unspecified atom stereocenters. The average molecular weight is 202 g/mol. The summed E-state index contributed by atoms with van der Waals surface area (Å²) in [4.78, 5) is 11.0. The van der Waals surface area contributed by atoms with Gasteiger partial charge in [0.05, 0.1) is 12.2 Å². The first kappa shape index (κ1) is 13.1. The van der Waals surface area contributed by atoms with Crippen molar-refractivity contribution in [2.75, 3.05) is 13.1 Å². The van der Waals surface area contributed by atoms with Crippen molar-refractivity contribution in [3.05, 3.63) is 12.7 Å². The van der Waals surface area contributed by atoms with Gasteiger partial charge in [0.1, 0.15) is 0 Å². The molecule has 14 heavy (non-hydrogen) atoms. The van der Waals surface area contributed by atoms with Gasteiger partial charge in [-0.25, -0.2) is 5.01 Å². The molecule has 5 nitrogen and oxygen atoms in total. The molecule has 0 aliphatic carbocycles. The molecule has 0 rings (SSSR count). The smallest absolute Gasteiger partial charge is 0.257 e. The molecule has 1 amide bonds. The standard InChI is InChI=1S/C9H18N2O3/c1-4-9(14)10-11(5-7(2)12)6-8(3)13/h4,7-8,12-13H,1,5-6H2,2-3H3,(H,10,14). The molecule has 2 atom stereocenters. The molecule has 0 aromatic carbocycles. The third-order valence-electron chi connectivity index (χ3n) is 1.42. The number of aliphatic hydroxyl groups excluding tert-OH is 2. The summed E-state index contributed by atoms with van der Waals surface area (Å²) in [6.07, 6.45) is -0.00500. The molecule has 0 aromatic heterocycles. The Labute approximate surface area is 84.0 Å². The van der Waals surface area contributed by atoms with E-state index in [4.69, 9.17) is 10.2 Å². The zero-order chi connectivity index (χ0) is 11.1. The largest absolute Gasteiger partial charge is 0.392 e. The van der Waals surface area contributed by atoms with Crippen molar-refractivity contribution in [3.8, 4) is 0 Å². The fourth-order valence-corrected chi connectivity index (χ4v) is 1.01. The van der Waals surface area contributed by atoms with Gasteiger partial charge in [-0.15, -0.1) is 0 Å². The summed E-state index contributed by atoms with van der Waals surface area (Å²) in [5.74, 6) is -0.355. The second kappa shape index (κ2) is 6.53. The third-order valence-corrected chi connectivity index (χ3v) is 1.42. The maximum absolute atomic E-state index is 11.0. The summed E-state index contributed by atoms with van der Waals surface area (Å²) >= 11 is 0. The number of carbonyl (C=O) groups excluding carboxylic acids is 1.